The number of anilines is 1. The number of phenolic OH excluding ortho intramolecular Hbond substituents is 1. The molecular weight excluding hydrogens is 292 g/mol. The summed E-state index contributed by atoms with van der Waals surface area (Å²) in [6.45, 7) is 1.90. The second-order valence-electron chi connectivity index (χ2n) is 5.11. The van der Waals surface area contributed by atoms with Crippen LogP contribution in [0.5, 0.6) is 5.75 Å². The summed E-state index contributed by atoms with van der Waals surface area (Å²) in [6.07, 6.45) is 0.680. The molecule has 0 bridgehead atoms. The minimum absolute atomic E-state index is 0.142. The van der Waals surface area contributed by atoms with Gasteiger partial charge in [-0.3, -0.25) is 14.7 Å². The topological polar surface area (TPSA) is 95.2 Å². The second-order valence-corrected chi connectivity index (χ2v) is 5.52. The molecule has 1 aliphatic rings. The zero-order valence-corrected chi connectivity index (χ0v) is 12.0. The first kappa shape index (κ1) is 13.9. The Balaban J connectivity index is 1.82. The molecule has 4 N–H and O–H groups in total. The Morgan fingerprint density at radius 1 is 1.48 bits per heavy atom. The summed E-state index contributed by atoms with van der Waals surface area (Å²) in [6, 6.07) is 4.91. The fourth-order valence-corrected chi connectivity index (χ4v) is 2.78. The fourth-order valence-electron chi connectivity index (χ4n) is 2.54. The van der Waals surface area contributed by atoms with E-state index < -0.39 is 0 Å². The fraction of sp³-hybridized carbons (Fsp3) is 0.286. The van der Waals surface area contributed by atoms with Gasteiger partial charge < -0.3 is 10.8 Å². The first-order valence-electron chi connectivity index (χ1n) is 6.60. The van der Waals surface area contributed by atoms with Gasteiger partial charge in [-0.15, -0.1) is 0 Å². The molecule has 2 aromatic rings. The summed E-state index contributed by atoms with van der Waals surface area (Å²) < 4.78 is 0. The van der Waals surface area contributed by atoms with Crippen LogP contribution in [0.15, 0.2) is 23.0 Å². The number of fused-ring (bicyclic) bond motifs is 1. The maximum absolute atomic E-state index is 11.9. The van der Waals surface area contributed by atoms with Crippen molar-refractivity contribution in [2.45, 2.75) is 19.5 Å². The quantitative estimate of drug-likeness (QED) is 0.776. The molecule has 7 heteroatoms. The molecule has 0 spiro atoms. The van der Waals surface area contributed by atoms with Crippen LogP contribution in [0, 0.1) is 0 Å². The van der Waals surface area contributed by atoms with Crippen molar-refractivity contribution in [3.63, 3.8) is 0 Å². The highest BCUT2D eigenvalue weighted by molar-refractivity contribution is 6.31. The van der Waals surface area contributed by atoms with Crippen molar-refractivity contribution in [2.75, 3.05) is 12.3 Å². The smallest absolute Gasteiger partial charge is 0.257 e. The van der Waals surface area contributed by atoms with E-state index in [1.165, 1.54) is 6.07 Å². The van der Waals surface area contributed by atoms with Crippen molar-refractivity contribution >= 4 is 17.5 Å². The lowest BCUT2D eigenvalue weighted by molar-refractivity contribution is 0.242. The van der Waals surface area contributed by atoms with Gasteiger partial charge in [-0.05, 0) is 17.7 Å². The molecule has 0 aliphatic carbocycles. The minimum atomic E-state index is -0.181. The lowest BCUT2D eigenvalue weighted by Crippen LogP contribution is -2.35. The van der Waals surface area contributed by atoms with Gasteiger partial charge in [-0.25, -0.2) is 4.98 Å². The van der Waals surface area contributed by atoms with Crippen LogP contribution < -0.4 is 11.3 Å². The zero-order valence-electron chi connectivity index (χ0n) is 11.3. The van der Waals surface area contributed by atoms with Gasteiger partial charge >= 0.3 is 0 Å². The van der Waals surface area contributed by atoms with E-state index in [2.05, 4.69) is 14.9 Å². The van der Waals surface area contributed by atoms with Crippen molar-refractivity contribution in [1.29, 1.82) is 0 Å². The number of hydrogen-bond donors (Lipinski definition) is 3. The summed E-state index contributed by atoms with van der Waals surface area (Å²) in [5.74, 6) is 0.303. The summed E-state index contributed by atoms with van der Waals surface area (Å²) in [5, 5.41) is 9.89. The predicted octanol–water partition coefficient (Wildman–Crippen LogP) is 1.27. The van der Waals surface area contributed by atoms with Crippen molar-refractivity contribution in [3.8, 4) is 5.75 Å². The van der Waals surface area contributed by atoms with E-state index in [0.717, 1.165) is 17.8 Å². The number of benzene rings is 1. The van der Waals surface area contributed by atoms with E-state index in [-0.39, 0.29) is 17.3 Å². The van der Waals surface area contributed by atoms with Crippen LogP contribution in [0.3, 0.4) is 0 Å². The molecule has 2 heterocycles. The summed E-state index contributed by atoms with van der Waals surface area (Å²) >= 11 is 6.12. The SMILES string of the molecule is Nc1nc2c(c(=O)[nH]1)CN(Cc1ccc(O)cc1Cl)CC2. The molecule has 0 saturated carbocycles. The molecule has 1 aliphatic heterocycles. The Hall–Kier alpha value is -2.05. The maximum Gasteiger partial charge on any atom is 0.257 e. The molecule has 0 radical (unpaired) electrons. The van der Waals surface area contributed by atoms with E-state index in [1.54, 1.807) is 12.1 Å². The van der Waals surface area contributed by atoms with E-state index in [1.807, 2.05) is 0 Å². The van der Waals surface area contributed by atoms with Gasteiger partial charge in [0.25, 0.3) is 5.56 Å². The third-order valence-corrected chi connectivity index (χ3v) is 3.95. The number of nitrogen functional groups attached to an aromatic ring is 1. The Morgan fingerprint density at radius 3 is 3.05 bits per heavy atom. The van der Waals surface area contributed by atoms with Gasteiger partial charge in [-0.2, -0.15) is 0 Å². The van der Waals surface area contributed by atoms with Crippen molar-refractivity contribution in [1.82, 2.24) is 14.9 Å². The molecular formula is C14H15ClN4O2. The number of H-pyrrole nitrogens is 1. The first-order valence-corrected chi connectivity index (χ1v) is 6.98. The number of nitrogens with one attached hydrogen (secondary N) is 1. The van der Waals surface area contributed by atoms with Crippen LogP contribution in [-0.4, -0.2) is 26.5 Å². The highest BCUT2D eigenvalue weighted by Gasteiger charge is 2.21. The monoisotopic (exact) mass is 306 g/mol. The highest BCUT2D eigenvalue weighted by atomic mass is 35.5. The van der Waals surface area contributed by atoms with E-state index in [4.69, 9.17) is 17.3 Å². The van der Waals surface area contributed by atoms with Crippen LogP contribution in [0.2, 0.25) is 5.02 Å². The van der Waals surface area contributed by atoms with Gasteiger partial charge in [0.05, 0.1) is 11.3 Å². The Labute approximate surface area is 126 Å². The van der Waals surface area contributed by atoms with Crippen LogP contribution >= 0.6 is 11.6 Å². The first-order chi connectivity index (χ1) is 10.0. The number of aromatic nitrogens is 2. The van der Waals surface area contributed by atoms with Gasteiger partial charge in [0, 0.05) is 31.1 Å². The third kappa shape index (κ3) is 2.86. The Bertz CT molecular complexity index is 744. The van der Waals surface area contributed by atoms with Crippen LogP contribution in [0.25, 0.3) is 0 Å². The van der Waals surface area contributed by atoms with E-state index >= 15 is 0 Å². The molecule has 0 fully saturated rings. The van der Waals surface area contributed by atoms with Crippen LogP contribution in [-0.2, 0) is 19.5 Å². The molecule has 3 rings (SSSR count). The molecule has 0 unspecified atom stereocenters. The van der Waals surface area contributed by atoms with E-state index in [0.29, 0.717) is 30.1 Å². The number of rotatable bonds is 2. The van der Waals surface area contributed by atoms with Gasteiger partial charge in [0.1, 0.15) is 5.75 Å². The number of phenols is 1. The number of halogens is 1. The standard InChI is InChI=1S/C14H15ClN4O2/c15-11-5-9(20)2-1-8(11)6-19-4-3-12-10(7-19)13(21)18-14(16)17-12/h1-2,5,20H,3-4,6-7H2,(H3,16,17,18,21). The number of aromatic amines is 1. The minimum Gasteiger partial charge on any atom is -0.508 e. The highest BCUT2D eigenvalue weighted by Crippen LogP contribution is 2.24. The molecule has 0 atom stereocenters. The van der Waals surface area contributed by atoms with E-state index in [9.17, 15) is 9.90 Å². The molecule has 6 nitrogen and oxygen atoms in total. The van der Waals surface area contributed by atoms with Crippen molar-refractivity contribution < 1.29 is 5.11 Å². The largest absolute Gasteiger partial charge is 0.508 e. The van der Waals surface area contributed by atoms with Crippen LogP contribution in [0.1, 0.15) is 16.8 Å². The molecule has 21 heavy (non-hydrogen) atoms. The lowest BCUT2D eigenvalue weighted by Gasteiger charge is -2.27. The summed E-state index contributed by atoms with van der Waals surface area (Å²) in [5.41, 5.74) is 7.71. The van der Waals surface area contributed by atoms with Crippen molar-refractivity contribution in [2.24, 2.45) is 0 Å². The summed E-state index contributed by atoms with van der Waals surface area (Å²) in [4.78, 5) is 20.8. The number of hydrogen-bond acceptors (Lipinski definition) is 5. The third-order valence-electron chi connectivity index (χ3n) is 3.60. The zero-order chi connectivity index (χ0) is 15.0. The van der Waals surface area contributed by atoms with Gasteiger partial charge in [-0.1, -0.05) is 17.7 Å². The molecule has 1 aromatic heterocycles. The second kappa shape index (κ2) is 5.38. The Morgan fingerprint density at radius 2 is 2.29 bits per heavy atom. The number of nitrogens with two attached hydrogens (primary N) is 1. The van der Waals surface area contributed by atoms with Gasteiger partial charge in [0.2, 0.25) is 5.95 Å². The summed E-state index contributed by atoms with van der Waals surface area (Å²) in [7, 11) is 0. The molecule has 110 valence electrons. The van der Waals surface area contributed by atoms with Gasteiger partial charge in [0.15, 0.2) is 0 Å². The normalized spacial score (nSPS) is 14.9. The number of nitrogens with zero attached hydrogens (tertiary/aromatic N) is 2. The molecule has 1 aromatic carbocycles. The predicted molar refractivity (Wildman–Crippen MR) is 80.2 cm³/mol. The van der Waals surface area contributed by atoms with Crippen molar-refractivity contribution in [3.05, 3.63) is 50.4 Å². The molecule has 0 amide bonds. The molecule has 0 saturated heterocycles. The average molecular weight is 307 g/mol. The lowest BCUT2D eigenvalue weighted by atomic mass is 10.1. The maximum atomic E-state index is 11.9. The number of aromatic hydroxyl groups is 1. The Kier molecular flexibility index (Phi) is 3.57. The average Bonchev–Trinajstić information content (AvgIpc) is 2.42. The van der Waals surface area contributed by atoms with Crippen LogP contribution in [0.4, 0.5) is 5.95 Å².